The minimum Gasteiger partial charge on any atom is -0.496 e. The summed E-state index contributed by atoms with van der Waals surface area (Å²) in [4.78, 5) is 0. The van der Waals surface area contributed by atoms with Crippen molar-refractivity contribution < 1.29 is 14.3 Å². The zero-order valence-corrected chi connectivity index (χ0v) is 12.7. The fourth-order valence-corrected chi connectivity index (χ4v) is 2.60. The first kappa shape index (κ1) is 14.3. The number of hydrogen-bond acceptors (Lipinski definition) is 3. The number of fused-ring (bicyclic) bond motifs is 1. The molecule has 2 aromatic carbocycles. The molecule has 3 rings (SSSR count). The number of furan rings is 1. The van der Waals surface area contributed by atoms with Crippen LogP contribution < -0.4 is 4.74 Å². The summed E-state index contributed by atoms with van der Waals surface area (Å²) in [6.07, 6.45) is -0.968. The van der Waals surface area contributed by atoms with Crippen LogP contribution in [-0.2, 0) is 0 Å². The minimum absolute atomic E-state index is 0.410. The summed E-state index contributed by atoms with van der Waals surface area (Å²) in [5.41, 5.74) is 1.21. The molecule has 5 heteroatoms. The van der Waals surface area contributed by atoms with Crippen LogP contribution in [-0.4, -0.2) is 12.2 Å². The zero-order valence-electron chi connectivity index (χ0n) is 11.1. The van der Waals surface area contributed by atoms with Crippen LogP contribution in [0.15, 0.2) is 46.9 Å². The molecule has 1 unspecified atom stereocenters. The Morgan fingerprint density at radius 1 is 1.05 bits per heavy atom. The SMILES string of the molecule is COc1ccc(Cl)cc1C(O)c1cc2cc(Cl)ccc2o1. The van der Waals surface area contributed by atoms with Gasteiger partial charge in [0.25, 0.3) is 0 Å². The number of methoxy groups -OCH3 is 1. The van der Waals surface area contributed by atoms with Crippen LogP contribution in [0.5, 0.6) is 5.75 Å². The van der Waals surface area contributed by atoms with Crippen molar-refractivity contribution in [2.24, 2.45) is 0 Å². The van der Waals surface area contributed by atoms with Gasteiger partial charge in [-0.2, -0.15) is 0 Å². The van der Waals surface area contributed by atoms with Crippen molar-refractivity contribution in [1.82, 2.24) is 0 Å². The Morgan fingerprint density at radius 3 is 2.52 bits per heavy atom. The van der Waals surface area contributed by atoms with Crippen molar-refractivity contribution in [2.45, 2.75) is 6.10 Å². The monoisotopic (exact) mass is 322 g/mol. The molecule has 0 radical (unpaired) electrons. The lowest BCUT2D eigenvalue weighted by molar-refractivity contribution is 0.188. The van der Waals surface area contributed by atoms with Gasteiger partial charge in [-0.15, -0.1) is 0 Å². The normalized spacial score (nSPS) is 12.6. The molecule has 0 amide bonds. The highest BCUT2D eigenvalue weighted by atomic mass is 35.5. The van der Waals surface area contributed by atoms with Gasteiger partial charge < -0.3 is 14.3 Å². The average Bonchev–Trinajstić information content (AvgIpc) is 2.89. The van der Waals surface area contributed by atoms with E-state index in [1.54, 1.807) is 42.5 Å². The highest BCUT2D eigenvalue weighted by molar-refractivity contribution is 6.31. The summed E-state index contributed by atoms with van der Waals surface area (Å²) in [6, 6.07) is 12.1. The second-order valence-corrected chi connectivity index (χ2v) is 5.49. The topological polar surface area (TPSA) is 42.6 Å². The summed E-state index contributed by atoms with van der Waals surface area (Å²) < 4.78 is 10.9. The van der Waals surface area contributed by atoms with Gasteiger partial charge in [-0.1, -0.05) is 23.2 Å². The minimum atomic E-state index is -0.968. The molecule has 1 N–H and O–H groups in total. The van der Waals surface area contributed by atoms with E-state index in [1.165, 1.54) is 7.11 Å². The molecule has 0 aliphatic rings. The number of halogens is 2. The molecule has 0 spiro atoms. The van der Waals surface area contributed by atoms with Crippen LogP contribution in [0.2, 0.25) is 10.0 Å². The second-order valence-electron chi connectivity index (χ2n) is 4.62. The highest BCUT2D eigenvalue weighted by Crippen LogP contribution is 2.35. The Labute approximate surface area is 131 Å². The van der Waals surface area contributed by atoms with E-state index in [0.29, 0.717) is 32.7 Å². The van der Waals surface area contributed by atoms with E-state index in [9.17, 15) is 5.11 Å². The van der Waals surface area contributed by atoms with Crippen LogP contribution in [0, 0.1) is 0 Å². The molecule has 0 aliphatic carbocycles. The van der Waals surface area contributed by atoms with E-state index in [1.807, 2.05) is 0 Å². The van der Waals surface area contributed by atoms with E-state index in [4.69, 9.17) is 32.4 Å². The average molecular weight is 323 g/mol. The van der Waals surface area contributed by atoms with Crippen molar-refractivity contribution in [3.63, 3.8) is 0 Å². The molecule has 3 aromatic rings. The first-order chi connectivity index (χ1) is 10.1. The second kappa shape index (κ2) is 5.60. The fraction of sp³-hybridized carbons (Fsp3) is 0.125. The molecular weight excluding hydrogens is 311 g/mol. The van der Waals surface area contributed by atoms with Crippen LogP contribution >= 0.6 is 23.2 Å². The van der Waals surface area contributed by atoms with Gasteiger partial charge in [-0.3, -0.25) is 0 Å². The number of benzene rings is 2. The van der Waals surface area contributed by atoms with E-state index >= 15 is 0 Å². The summed E-state index contributed by atoms with van der Waals surface area (Å²) >= 11 is 11.9. The number of rotatable bonds is 3. The summed E-state index contributed by atoms with van der Waals surface area (Å²) in [7, 11) is 1.54. The van der Waals surface area contributed by atoms with E-state index in [-0.39, 0.29) is 0 Å². The maximum Gasteiger partial charge on any atom is 0.140 e. The third kappa shape index (κ3) is 2.72. The summed E-state index contributed by atoms with van der Waals surface area (Å²) in [5.74, 6) is 0.957. The fourth-order valence-electron chi connectivity index (χ4n) is 2.24. The van der Waals surface area contributed by atoms with E-state index in [2.05, 4.69) is 0 Å². The lowest BCUT2D eigenvalue weighted by Gasteiger charge is -2.13. The summed E-state index contributed by atoms with van der Waals surface area (Å²) in [6.45, 7) is 0. The lowest BCUT2D eigenvalue weighted by Crippen LogP contribution is -2.01. The zero-order chi connectivity index (χ0) is 15.0. The highest BCUT2D eigenvalue weighted by Gasteiger charge is 2.20. The molecule has 1 heterocycles. The lowest BCUT2D eigenvalue weighted by atomic mass is 10.1. The van der Waals surface area contributed by atoms with Gasteiger partial charge in [0.15, 0.2) is 0 Å². The van der Waals surface area contributed by atoms with Gasteiger partial charge in [0.05, 0.1) is 7.11 Å². The van der Waals surface area contributed by atoms with Gasteiger partial charge in [-0.05, 0) is 42.5 Å². The summed E-state index contributed by atoms with van der Waals surface area (Å²) in [5, 5.41) is 12.5. The Balaban J connectivity index is 2.07. The predicted octanol–water partition coefficient (Wildman–Crippen LogP) is 4.83. The largest absolute Gasteiger partial charge is 0.496 e. The third-order valence-electron chi connectivity index (χ3n) is 3.25. The van der Waals surface area contributed by atoms with Crippen molar-refractivity contribution in [3.8, 4) is 5.75 Å². The van der Waals surface area contributed by atoms with Crippen molar-refractivity contribution in [3.05, 3.63) is 63.8 Å². The maximum atomic E-state index is 10.5. The molecule has 0 saturated heterocycles. The quantitative estimate of drug-likeness (QED) is 0.751. The number of hydrogen-bond donors (Lipinski definition) is 1. The molecule has 0 bridgehead atoms. The maximum absolute atomic E-state index is 10.5. The van der Waals surface area contributed by atoms with Gasteiger partial charge in [0.1, 0.15) is 23.2 Å². The van der Waals surface area contributed by atoms with Crippen LogP contribution in [0.4, 0.5) is 0 Å². The number of aliphatic hydroxyl groups is 1. The molecule has 1 aromatic heterocycles. The van der Waals surface area contributed by atoms with Crippen LogP contribution in [0.25, 0.3) is 11.0 Å². The van der Waals surface area contributed by atoms with Gasteiger partial charge in [0, 0.05) is 21.0 Å². The van der Waals surface area contributed by atoms with Crippen LogP contribution in [0.3, 0.4) is 0 Å². The van der Waals surface area contributed by atoms with Crippen molar-refractivity contribution in [2.75, 3.05) is 7.11 Å². The van der Waals surface area contributed by atoms with Crippen molar-refractivity contribution >= 4 is 34.2 Å². The first-order valence-corrected chi connectivity index (χ1v) is 7.04. The Bertz CT molecular complexity index is 795. The molecule has 3 nitrogen and oxygen atoms in total. The predicted molar refractivity (Wildman–Crippen MR) is 83.3 cm³/mol. The van der Waals surface area contributed by atoms with Gasteiger partial charge >= 0.3 is 0 Å². The van der Waals surface area contributed by atoms with E-state index < -0.39 is 6.10 Å². The smallest absolute Gasteiger partial charge is 0.140 e. The molecule has 0 aliphatic heterocycles. The molecule has 0 fully saturated rings. The number of ether oxygens (including phenoxy) is 1. The molecular formula is C16H12Cl2O3. The van der Waals surface area contributed by atoms with E-state index in [0.717, 1.165) is 5.39 Å². The molecule has 108 valence electrons. The first-order valence-electron chi connectivity index (χ1n) is 6.29. The number of aliphatic hydroxyl groups excluding tert-OH is 1. The molecule has 0 saturated carbocycles. The molecule has 21 heavy (non-hydrogen) atoms. The Morgan fingerprint density at radius 2 is 1.76 bits per heavy atom. The van der Waals surface area contributed by atoms with Crippen molar-refractivity contribution in [1.29, 1.82) is 0 Å². The van der Waals surface area contributed by atoms with Gasteiger partial charge in [-0.25, -0.2) is 0 Å². The third-order valence-corrected chi connectivity index (χ3v) is 3.72. The van der Waals surface area contributed by atoms with Crippen LogP contribution in [0.1, 0.15) is 17.4 Å². The Hall–Kier alpha value is -1.68. The standard InChI is InChI=1S/C16H12Cl2O3/c1-20-14-5-3-11(18)8-12(14)16(19)15-7-9-6-10(17)2-4-13(9)21-15/h2-8,16,19H,1H3. The Kier molecular flexibility index (Phi) is 3.81. The van der Waals surface area contributed by atoms with Gasteiger partial charge in [0.2, 0.25) is 0 Å². The molecule has 1 atom stereocenters.